The van der Waals surface area contributed by atoms with Crippen molar-refractivity contribution in [3.8, 4) is 0 Å². The van der Waals surface area contributed by atoms with Crippen LogP contribution in [0.4, 0.5) is 0 Å². The number of hydrogen-bond acceptors (Lipinski definition) is 0. The summed E-state index contributed by atoms with van der Waals surface area (Å²) >= 11 is 0. The first-order valence-corrected chi connectivity index (χ1v) is 26.8. The minimum absolute atomic E-state index is 0.615. The van der Waals surface area contributed by atoms with Crippen LogP contribution < -0.4 is 4.57 Å². The third kappa shape index (κ3) is 34.1. The smallest absolute Gasteiger partial charge is 0.247 e. The number of unbranched alkanes of at least 4 members (excludes halogenated alkanes) is 39. The molecule has 0 spiro atoms. The summed E-state index contributed by atoms with van der Waals surface area (Å²) in [5.41, 5.74) is 0. The first kappa shape index (κ1) is 53.2. The molecule has 1 aromatic heterocycles. The van der Waals surface area contributed by atoms with Crippen molar-refractivity contribution in [3.63, 3.8) is 0 Å². The summed E-state index contributed by atoms with van der Waals surface area (Å²) in [7, 11) is 0. The third-order valence-electron chi connectivity index (χ3n) is 13.4. The van der Waals surface area contributed by atoms with E-state index in [9.17, 15) is 0 Å². The van der Waals surface area contributed by atoms with Crippen LogP contribution in [0.15, 0.2) is 12.4 Å². The van der Waals surface area contributed by atoms with Gasteiger partial charge in [-0.3, -0.25) is 0 Å². The Bertz CT molecular complexity index is 858. The molecule has 0 aliphatic carbocycles. The average molecular weight is 784 g/mol. The van der Waals surface area contributed by atoms with Crippen LogP contribution in [0.25, 0.3) is 0 Å². The highest BCUT2D eigenvalue weighted by atomic mass is 15.1. The van der Waals surface area contributed by atoms with Crippen molar-refractivity contribution >= 4 is 0 Å². The Balaban J connectivity index is 2.34. The monoisotopic (exact) mass is 784 g/mol. The predicted octanol–water partition coefficient (Wildman–Crippen LogP) is 19.6. The van der Waals surface area contributed by atoms with Crippen LogP contribution >= 0.6 is 0 Å². The molecule has 0 fully saturated rings. The van der Waals surface area contributed by atoms with Crippen molar-refractivity contribution in [2.75, 3.05) is 0 Å². The van der Waals surface area contributed by atoms with Crippen LogP contribution in [-0.2, 0) is 0 Å². The topological polar surface area (TPSA) is 19.7 Å². The quantitative estimate of drug-likeness (QED) is 0.0502. The minimum Gasteiger partial charge on any atom is -0.247 e. The number of hydrogen-bond donors (Lipinski definition) is 1. The fourth-order valence-corrected chi connectivity index (χ4v) is 9.43. The van der Waals surface area contributed by atoms with E-state index >= 15 is 0 Å². The zero-order valence-corrected chi connectivity index (χ0v) is 39.6. The molecular formula is C54H107N2+. The molecule has 2 atom stereocenters. The Kier molecular flexibility index (Phi) is 41.6. The van der Waals surface area contributed by atoms with Gasteiger partial charge in [0.25, 0.3) is 5.82 Å². The molecule has 0 amide bonds. The van der Waals surface area contributed by atoms with Gasteiger partial charge in [-0.05, 0) is 32.6 Å². The van der Waals surface area contributed by atoms with Gasteiger partial charge in [0, 0.05) is 0 Å². The zero-order valence-electron chi connectivity index (χ0n) is 39.6. The molecule has 2 nitrogen and oxygen atoms in total. The maximum atomic E-state index is 3.80. The lowest BCUT2D eigenvalue weighted by Gasteiger charge is -2.17. The van der Waals surface area contributed by atoms with E-state index in [1.54, 1.807) is 5.82 Å². The number of aromatic amines is 1. The normalized spacial score (nSPS) is 12.9. The van der Waals surface area contributed by atoms with Gasteiger partial charge in [-0.2, -0.15) is 0 Å². The summed E-state index contributed by atoms with van der Waals surface area (Å²) in [5, 5.41) is 0. The third-order valence-corrected chi connectivity index (χ3v) is 13.4. The number of rotatable bonds is 47. The molecule has 2 unspecified atom stereocenters. The second kappa shape index (κ2) is 43.8. The van der Waals surface area contributed by atoms with Crippen LogP contribution in [0, 0.1) is 0 Å². The molecule has 1 heterocycles. The first-order valence-electron chi connectivity index (χ1n) is 26.8. The van der Waals surface area contributed by atoms with Crippen LogP contribution in [0.2, 0.25) is 0 Å². The maximum Gasteiger partial charge on any atom is 0.257 e. The maximum absolute atomic E-state index is 3.80. The summed E-state index contributed by atoms with van der Waals surface area (Å²) in [6.07, 6.45) is 69.5. The van der Waals surface area contributed by atoms with Gasteiger partial charge in [-0.1, -0.05) is 284 Å². The molecule has 0 saturated heterocycles. The highest BCUT2D eigenvalue weighted by Gasteiger charge is 2.25. The number of nitrogens with zero attached hydrogens (tertiary/aromatic N) is 1. The lowest BCUT2D eigenvalue weighted by molar-refractivity contribution is -0.727. The van der Waals surface area contributed by atoms with Crippen molar-refractivity contribution in [1.29, 1.82) is 0 Å². The Morgan fingerprint density at radius 3 is 0.839 bits per heavy atom. The van der Waals surface area contributed by atoms with Crippen molar-refractivity contribution in [1.82, 2.24) is 4.98 Å². The SMILES string of the molecule is CCCCCCCCCCCCCCCCCC(C)[n+]1cc[nH]c1C(CCCCCCCCCCCCCCC)CCCCCCCCCCCCCCCC. The molecular weight excluding hydrogens is 677 g/mol. The van der Waals surface area contributed by atoms with Crippen molar-refractivity contribution in [3.05, 3.63) is 18.2 Å². The fourth-order valence-electron chi connectivity index (χ4n) is 9.43. The van der Waals surface area contributed by atoms with Crippen LogP contribution in [0.1, 0.15) is 334 Å². The summed E-state index contributed by atoms with van der Waals surface area (Å²) < 4.78 is 2.67. The van der Waals surface area contributed by atoms with Crippen molar-refractivity contribution < 1.29 is 4.57 Å². The summed E-state index contributed by atoms with van der Waals surface area (Å²) in [4.78, 5) is 3.80. The molecule has 1 rings (SSSR count). The van der Waals surface area contributed by atoms with Crippen molar-refractivity contribution in [2.45, 2.75) is 329 Å². The van der Waals surface area contributed by atoms with E-state index in [2.05, 4.69) is 49.6 Å². The van der Waals surface area contributed by atoms with Crippen molar-refractivity contribution in [2.24, 2.45) is 0 Å². The van der Waals surface area contributed by atoms with Crippen LogP contribution in [0.3, 0.4) is 0 Å². The molecule has 1 aromatic rings. The van der Waals surface area contributed by atoms with Gasteiger partial charge >= 0.3 is 0 Å². The van der Waals surface area contributed by atoms with Gasteiger partial charge in [0.1, 0.15) is 12.4 Å². The highest BCUT2D eigenvalue weighted by Crippen LogP contribution is 2.28. The minimum atomic E-state index is 0.615. The van der Waals surface area contributed by atoms with Gasteiger partial charge in [-0.15, -0.1) is 0 Å². The number of nitrogens with one attached hydrogen (secondary N) is 1. The molecule has 0 bridgehead atoms. The first-order chi connectivity index (χ1) is 27.7. The molecule has 0 aromatic carbocycles. The molecule has 56 heavy (non-hydrogen) atoms. The zero-order chi connectivity index (χ0) is 40.3. The summed E-state index contributed by atoms with van der Waals surface area (Å²) in [6.45, 7) is 9.45. The molecule has 0 aliphatic rings. The van der Waals surface area contributed by atoms with Crippen LogP contribution in [-0.4, -0.2) is 4.98 Å². The van der Waals surface area contributed by atoms with E-state index in [1.807, 2.05) is 0 Å². The van der Waals surface area contributed by atoms with E-state index in [0.717, 1.165) is 0 Å². The van der Waals surface area contributed by atoms with Gasteiger partial charge < -0.3 is 0 Å². The second-order valence-electron chi connectivity index (χ2n) is 19.0. The number of H-pyrrole nitrogens is 1. The molecule has 0 radical (unpaired) electrons. The van der Waals surface area contributed by atoms with Crippen LogP contribution in [0.5, 0.6) is 0 Å². The largest absolute Gasteiger partial charge is 0.257 e. The van der Waals surface area contributed by atoms with E-state index in [0.29, 0.717) is 12.0 Å². The summed E-state index contributed by atoms with van der Waals surface area (Å²) in [5.74, 6) is 2.26. The van der Waals surface area contributed by atoms with E-state index < -0.39 is 0 Å². The molecule has 1 N–H and O–H groups in total. The molecule has 2 heteroatoms. The Labute approximate surface area is 355 Å². The van der Waals surface area contributed by atoms with Gasteiger partial charge in [0.15, 0.2) is 0 Å². The van der Waals surface area contributed by atoms with Gasteiger partial charge in [0.2, 0.25) is 0 Å². The standard InChI is InChI=1S/C54H106N2/c1-5-8-11-14-17-20-23-26-28-30-32-35-38-41-44-47-52(4)56-51-50-55-54(56)53(48-45-42-39-36-33-29-25-22-19-16-13-10-7-3)49-46-43-40-37-34-31-27-24-21-18-15-12-9-6-2/h50-53H,5-49H2,1-4H3/p+1. The number of aromatic nitrogens is 2. The van der Waals surface area contributed by atoms with Gasteiger partial charge in [-0.25, -0.2) is 9.55 Å². The van der Waals surface area contributed by atoms with E-state index in [-0.39, 0.29) is 0 Å². The van der Waals surface area contributed by atoms with E-state index in [1.165, 1.54) is 289 Å². The predicted molar refractivity (Wildman–Crippen MR) is 253 cm³/mol. The fraction of sp³-hybridized carbons (Fsp3) is 0.944. The molecule has 332 valence electrons. The highest BCUT2D eigenvalue weighted by molar-refractivity contribution is 4.90. The number of imidazole rings is 1. The lowest BCUT2D eigenvalue weighted by Crippen LogP contribution is -2.41. The van der Waals surface area contributed by atoms with E-state index in [4.69, 9.17) is 0 Å². The second-order valence-corrected chi connectivity index (χ2v) is 19.0. The van der Waals surface area contributed by atoms with Gasteiger partial charge in [0.05, 0.1) is 12.0 Å². The Hall–Kier alpha value is -0.790. The molecule has 0 aliphatic heterocycles. The Morgan fingerprint density at radius 1 is 0.339 bits per heavy atom. The molecule has 0 saturated carbocycles. The summed E-state index contributed by atoms with van der Waals surface area (Å²) in [6, 6.07) is 0.615. The lowest BCUT2D eigenvalue weighted by atomic mass is 9.92. The Morgan fingerprint density at radius 2 is 0.571 bits per heavy atom. The average Bonchev–Trinajstić information content (AvgIpc) is 3.70.